The number of thioether (sulfide) groups is 1. The highest BCUT2D eigenvalue weighted by Gasteiger charge is 2.23. The van der Waals surface area contributed by atoms with E-state index in [-0.39, 0.29) is 6.03 Å². The monoisotopic (exact) mass is 252 g/mol. The molecule has 1 N–H and O–H groups in total. The van der Waals surface area contributed by atoms with Crippen LogP contribution in [0.2, 0.25) is 0 Å². The first-order valence-corrected chi connectivity index (χ1v) is 6.64. The van der Waals surface area contributed by atoms with Crippen molar-refractivity contribution in [1.82, 2.24) is 20.2 Å². The first kappa shape index (κ1) is 12.2. The average molecular weight is 252 g/mol. The number of nitrogens with one attached hydrogen (secondary N) is 1. The van der Waals surface area contributed by atoms with Crippen LogP contribution >= 0.6 is 11.8 Å². The molecule has 0 saturated heterocycles. The molecule has 0 fully saturated rings. The Labute approximate surface area is 105 Å². The Bertz CT molecular complexity index is 385. The van der Waals surface area contributed by atoms with Crippen molar-refractivity contribution in [3.8, 4) is 0 Å². The van der Waals surface area contributed by atoms with Crippen LogP contribution in [0, 0.1) is 0 Å². The summed E-state index contributed by atoms with van der Waals surface area (Å²) in [5.74, 6) is 0.648. The molecule has 92 valence electrons. The summed E-state index contributed by atoms with van der Waals surface area (Å²) in [6.07, 6.45) is 3.30. The quantitative estimate of drug-likeness (QED) is 0.830. The minimum absolute atomic E-state index is 0.0313. The lowest BCUT2D eigenvalue weighted by molar-refractivity contribution is 0.200. The Kier molecular flexibility index (Phi) is 3.83. The Morgan fingerprint density at radius 1 is 1.59 bits per heavy atom. The third kappa shape index (κ3) is 3.09. The summed E-state index contributed by atoms with van der Waals surface area (Å²) >= 11 is 1.72. The van der Waals surface area contributed by atoms with Gasteiger partial charge in [0.05, 0.1) is 24.7 Å². The van der Waals surface area contributed by atoms with E-state index in [2.05, 4.69) is 29.1 Å². The molecular weight excluding hydrogens is 236 g/mol. The molecule has 0 unspecified atom stereocenters. The van der Waals surface area contributed by atoms with Crippen molar-refractivity contribution in [2.75, 3.05) is 5.88 Å². The molecule has 2 rings (SSSR count). The number of aromatic nitrogens is 2. The Hall–Kier alpha value is -1.30. The zero-order chi connectivity index (χ0) is 12.3. The number of carbonyl (C=O) groups excluding carboxylic acids is 1. The fourth-order valence-electron chi connectivity index (χ4n) is 1.63. The van der Waals surface area contributed by atoms with Gasteiger partial charge in [0.1, 0.15) is 6.33 Å². The summed E-state index contributed by atoms with van der Waals surface area (Å²) in [6.45, 7) is 5.40. The van der Waals surface area contributed by atoms with E-state index in [1.54, 1.807) is 22.9 Å². The number of urea groups is 1. The fraction of sp³-hybridized carbons (Fsp3) is 0.545. The molecule has 2 heterocycles. The zero-order valence-electron chi connectivity index (χ0n) is 10.0. The second-order valence-corrected chi connectivity index (χ2v) is 5.76. The van der Waals surface area contributed by atoms with E-state index < -0.39 is 0 Å². The summed E-state index contributed by atoms with van der Waals surface area (Å²) in [5, 5.41) is 3.42. The Morgan fingerprint density at radius 2 is 2.41 bits per heavy atom. The standard InChI is InChI=1S/C11H16N4OS/c1-8(2)17-7-14-11(16)15-4-9-3-12-6-13-10(9)5-15/h3,6,8H,4-5,7H2,1-2H3,(H,14,16). The van der Waals surface area contributed by atoms with Gasteiger partial charge in [-0.2, -0.15) is 0 Å². The van der Waals surface area contributed by atoms with Gasteiger partial charge in [0, 0.05) is 17.0 Å². The maximum absolute atomic E-state index is 11.8. The van der Waals surface area contributed by atoms with Gasteiger partial charge in [-0.25, -0.2) is 14.8 Å². The highest BCUT2D eigenvalue weighted by molar-refractivity contribution is 7.99. The topological polar surface area (TPSA) is 58.1 Å². The van der Waals surface area contributed by atoms with E-state index in [0.29, 0.717) is 24.2 Å². The van der Waals surface area contributed by atoms with Crippen molar-refractivity contribution >= 4 is 17.8 Å². The second-order valence-electron chi connectivity index (χ2n) is 4.19. The summed E-state index contributed by atoms with van der Waals surface area (Å²) in [4.78, 5) is 21.7. The predicted molar refractivity (Wildman–Crippen MR) is 67.4 cm³/mol. The van der Waals surface area contributed by atoms with Crippen molar-refractivity contribution in [3.05, 3.63) is 23.8 Å². The van der Waals surface area contributed by atoms with Gasteiger partial charge >= 0.3 is 6.03 Å². The van der Waals surface area contributed by atoms with Crippen LogP contribution in [0.15, 0.2) is 12.5 Å². The van der Waals surface area contributed by atoms with E-state index in [4.69, 9.17) is 0 Å². The third-order valence-corrected chi connectivity index (χ3v) is 3.49. The van der Waals surface area contributed by atoms with Crippen LogP contribution in [0.3, 0.4) is 0 Å². The lowest BCUT2D eigenvalue weighted by atomic mass is 10.3. The number of nitrogens with zero attached hydrogens (tertiary/aromatic N) is 3. The van der Waals surface area contributed by atoms with Gasteiger partial charge in [0.15, 0.2) is 0 Å². The van der Waals surface area contributed by atoms with E-state index >= 15 is 0 Å². The minimum atomic E-state index is -0.0313. The molecule has 0 radical (unpaired) electrons. The van der Waals surface area contributed by atoms with Crippen molar-refractivity contribution in [1.29, 1.82) is 0 Å². The summed E-state index contributed by atoms with van der Waals surface area (Å²) in [5.41, 5.74) is 1.99. The molecule has 2 amide bonds. The van der Waals surface area contributed by atoms with Crippen LogP contribution in [0.4, 0.5) is 4.79 Å². The molecule has 0 atom stereocenters. The third-order valence-electron chi connectivity index (χ3n) is 2.51. The maximum Gasteiger partial charge on any atom is 0.318 e. The molecule has 0 spiro atoms. The van der Waals surface area contributed by atoms with Gasteiger partial charge in [0.2, 0.25) is 0 Å². The fourth-order valence-corrected chi connectivity index (χ4v) is 2.17. The molecule has 6 heteroatoms. The SMILES string of the molecule is CC(C)SCNC(=O)N1Cc2cncnc2C1. The molecule has 1 aliphatic rings. The van der Waals surface area contributed by atoms with Crippen LogP contribution in [-0.2, 0) is 13.1 Å². The molecule has 17 heavy (non-hydrogen) atoms. The molecule has 0 aromatic carbocycles. The summed E-state index contributed by atoms with van der Waals surface area (Å²) in [6, 6.07) is -0.0313. The number of carbonyl (C=O) groups is 1. The average Bonchev–Trinajstić information content (AvgIpc) is 2.71. The van der Waals surface area contributed by atoms with Gasteiger partial charge in [-0.1, -0.05) is 13.8 Å². The minimum Gasteiger partial charge on any atom is -0.329 e. The highest BCUT2D eigenvalue weighted by atomic mass is 32.2. The smallest absolute Gasteiger partial charge is 0.318 e. The number of hydrogen-bond donors (Lipinski definition) is 1. The van der Waals surface area contributed by atoms with Crippen LogP contribution in [-0.4, -0.2) is 32.0 Å². The molecule has 0 aliphatic carbocycles. The first-order valence-electron chi connectivity index (χ1n) is 5.59. The van der Waals surface area contributed by atoms with Gasteiger partial charge in [0.25, 0.3) is 0 Å². The molecule has 0 saturated carbocycles. The van der Waals surface area contributed by atoms with E-state index in [1.165, 1.54) is 6.33 Å². The molecule has 0 bridgehead atoms. The second kappa shape index (κ2) is 5.35. The summed E-state index contributed by atoms with van der Waals surface area (Å²) in [7, 11) is 0. The first-order chi connectivity index (χ1) is 8.16. The number of amides is 2. The van der Waals surface area contributed by atoms with Crippen molar-refractivity contribution < 1.29 is 4.79 Å². The van der Waals surface area contributed by atoms with E-state index in [1.807, 2.05) is 0 Å². The Morgan fingerprint density at radius 3 is 3.12 bits per heavy atom. The lowest BCUT2D eigenvalue weighted by Gasteiger charge is -2.16. The molecule has 1 aromatic heterocycles. The number of rotatable bonds is 3. The van der Waals surface area contributed by atoms with Gasteiger partial charge in [-0.05, 0) is 0 Å². The molecule has 1 aromatic rings. The number of hydrogen-bond acceptors (Lipinski definition) is 4. The number of fused-ring (bicyclic) bond motifs is 1. The van der Waals surface area contributed by atoms with Crippen molar-refractivity contribution in [2.24, 2.45) is 0 Å². The molecule has 1 aliphatic heterocycles. The van der Waals surface area contributed by atoms with Crippen LogP contribution in [0.1, 0.15) is 25.1 Å². The van der Waals surface area contributed by atoms with E-state index in [0.717, 1.165) is 11.3 Å². The Balaban J connectivity index is 1.84. The van der Waals surface area contributed by atoms with Gasteiger partial charge < -0.3 is 10.2 Å². The lowest BCUT2D eigenvalue weighted by Crippen LogP contribution is -2.36. The van der Waals surface area contributed by atoms with Crippen molar-refractivity contribution in [2.45, 2.75) is 32.2 Å². The molecular formula is C11H16N4OS. The predicted octanol–water partition coefficient (Wildman–Crippen LogP) is 1.60. The largest absolute Gasteiger partial charge is 0.329 e. The summed E-state index contributed by atoms with van der Waals surface area (Å²) < 4.78 is 0. The van der Waals surface area contributed by atoms with Crippen LogP contribution in [0.5, 0.6) is 0 Å². The maximum atomic E-state index is 11.8. The van der Waals surface area contributed by atoms with Crippen LogP contribution < -0.4 is 5.32 Å². The van der Waals surface area contributed by atoms with E-state index in [9.17, 15) is 4.79 Å². The molecule has 5 nitrogen and oxygen atoms in total. The van der Waals surface area contributed by atoms with Crippen molar-refractivity contribution in [3.63, 3.8) is 0 Å². The van der Waals surface area contributed by atoms with Gasteiger partial charge in [-0.15, -0.1) is 11.8 Å². The van der Waals surface area contributed by atoms with Crippen LogP contribution in [0.25, 0.3) is 0 Å². The highest BCUT2D eigenvalue weighted by Crippen LogP contribution is 2.19. The normalized spacial score (nSPS) is 13.9. The zero-order valence-corrected chi connectivity index (χ0v) is 10.8. The van der Waals surface area contributed by atoms with Gasteiger partial charge in [-0.3, -0.25) is 0 Å².